The van der Waals surface area contributed by atoms with E-state index >= 15 is 0 Å². The number of rotatable bonds is 3. The quantitative estimate of drug-likeness (QED) is 0.913. The Labute approximate surface area is 132 Å². The SMILES string of the molecule is c1cc(C2CCC3CCCCN32)ccc1SC1CCNC1. The zero-order valence-electron chi connectivity index (χ0n) is 12.8. The van der Waals surface area contributed by atoms with Crippen LogP contribution in [0.25, 0.3) is 0 Å². The van der Waals surface area contributed by atoms with Crippen LogP contribution in [-0.2, 0) is 0 Å². The van der Waals surface area contributed by atoms with Gasteiger partial charge in [0.15, 0.2) is 0 Å². The summed E-state index contributed by atoms with van der Waals surface area (Å²) < 4.78 is 0. The van der Waals surface area contributed by atoms with E-state index in [0.717, 1.165) is 11.3 Å². The number of hydrogen-bond donors (Lipinski definition) is 1. The normalized spacial score (nSPS) is 33.2. The van der Waals surface area contributed by atoms with Gasteiger partial charge in [0.25, 0.3) is 0 Å². The minimum Gasteiger partial charge on any atom is -0.316 e. The first-order chi connectivity index (χ1) is 10.4. The van der Waals surface area contributed by atoms with Gasteiger partial charge in [-0.05, 0) is 62.9 Å². The number of nitrogens with one attached hydrogen (secondary N) is 1. The Morgan fingerprint density at radius 2 is 1.90 bits per heavy atom. The maximum Gasteiger partial charge on any atom is 0.0351 e. The molecular formula is C18H26N2S. The highest BCUT2D eigenvalue weighted by Gasteiger charge is 2.35. The lowest BCUT2D eigenvalue weighted by atomic mass is 10.0. The maximum absolute atomic E-state index is 3.45. The number of nitrogens with zero attached hydrogens (tertiary/aromatic N) is 1. The fourth-order valence-electron chi connectivity index (χ4n) is 4.31. The lowest BCUT2D eigenvalue weighted by molar-refractivity contribution is 0.150. The van der Waals surface area contributed by atoms with Gasteiger partial charge >= 0.3 is 0 Å². The molecule has 0 radical (unpaired) electrons. The molecule has 3 aliphatic rings. The minimum absolute atomic E-state index is 0.697. The van der Waals surface area contributed by atoms with Crippen LogP contribution in [-0.4, -0.2) is 35.8 Å². The topological polar surface area (TPSA) is 15.3 Å². The maximum atomic E-state index is 3.45. The third kappa shape index (κ3) is 3.01. The first kappa shape index (κ1) is 14.1. The fourth-order valence-corrected chi connectivity index (χ4v) is 5.42. The lowest BCUT2D eigenvalue weighted by Gasteiger charge is -2.34. The van der Waals surface area contributed by atoms with Crippen molar-refractivity contribution in [3.63, 3.8) is 0 Å². The van der Waals surface area contributed by atoms with Crippen LogP contribution in [0.4, 0.5) is 0 Å². The molecule has 1 N–H and O–H groups in total. The average Bonchev–Trinajstić information content (AvgIpc) is 3.17. The molecular weight excluding hydrogens is 276 g/mol. The number of benzene rings is 1. The molecule has 3 saturated heterocycles. The van der Waals surface area contributed by atoms with Crippen molar-refractivity contribution >= 4 is 11.8 Å². The van der Waals surface area contributed by atoms with Gasteiger partial charge in [0.2, 0.25) is 0 Å². The molecule has 0 saturated carbocycles. The minimum atomic E-state index is 0.697. The lowest BCUT2D eigenvalue weighted by Crippen LogP contribution is -2.35. The zero-order chi connectivity index (χ0) is 14.1. The molecule has 3 heterocycles. The van der Waals surface area contributed by atoms with E-state index in [4.69, 9.17) is 0 Å². The Balaban J connectivity index is 1.43. The van der Waals surface area contributed by atoms with Crippen LogP contribution in [0.2, 0.25) is 0 Å². The summed E-state index contributed by atoms with van der Waals surface area (Å²) in [5, 5.41) is 4.22. The molecule has 3 fully saturated rings. The van der Waals surface area contributed by atoms with Gasteiger partial charge in [0.1, 0.15) is 0 Å². The highest BCUT2D eigenvalue weighted by atomic mass is 32.2. The van der Waals surface area contributed by atoms with E-state index in [1.165, 1.54) is 63.1 Å². The molecule has 4 rings (SSSR count). The smallest absolute Gasteiger partial charge is 0.0351 e. The molecule has 0 amide bonds. The largest absolute Gasteiger partial charge is 0.316 e. The Morgan fingerprint density at radius 3 is 2.71 bits per heavy atom. The summed E-state index contributed by atoms with van der Waals surface area (Å²) in [6.07, 6.45) is 8.36. The van der Waals surface area contributed by atoms with E-state index in [1.807, 2.05) is 11.8 Å². The summed E-state index contributed by atoms with van der Waals surface area (Å²) >= 11 is 2.05. The summed E-state index contributed by atoms with van der Waals surface area (Å²) in [6, 6.07) is 11.1. The third-order valence-corrected chi connectivity index (χ3v) is 6.71. The van der Waals surface area contributed by atoms with Gasteiger partial charge in [-0.25, -0.2) is 0 Å². The van der Waals surface area contributed by atoms with Gasteiger partial charge in [-0.3, -0.25) is 4.90 Å². The molecule has 2 nitrogen and oxygen atoms in total. The van der Waals surface area contributed by atoms with E-state index in [0.29, 0.717) is 6.04 Å². The van der Waals surface area contributed by atoms with Crippen molar-refractivity contribution in [2.75, 3.05) is 19.6 Å². The van der Waals surface area contributed by atoms with Crippen molar-refractivity contribution in [2.45, 2.75) is 60.8 Å². The predicted octanol–water partition coefficient (Wildman–Crippen LogP) is 3.83. The molecule has 1 aromatic rings. The van der Waals surface area contributed by atoms with Gasteiger partial charge in [-0.2, -0.15) is 0 Å². The molecule has 0 aliphatic carbocycles. The number of fused-ring (bicyclic) bond motifs is 1. The number of piperidine rings is 1. The van der Waals surface area contributed by atoms with Crippen LogP contribution in [0.3, 0.4) is 0 Å². The van der Waals surface area contributed by atoms with Crippen LogP contribution >= 0.6 is 11.8 Å². The summed E-state index contributed by atoms with van der Waals surface area (Å²) in [4.78, 5) is 4.23. The Morgan fingerprint density at radius 1 is 1.00 bits per heavy atom. The monoisotopic (exact) mass is 302 g/mol. The second-order valence-electron chi connectivity index (χ2n) is 6.78. The highest BCUT2D eigenvalue weighted by molar-refractivity contribution is 8.00. The van der Waals surface area contributed by atoms with Gasteiger partial charge in [0, 0.05) is 28.8 Å². The molecule has 1 aromatic carbocycles. The summed E-state index contributed by atoms with van der Waals surface area (Å²) in [5.74, 6) is 0. The van der Waals surface area contributed by atoms with Gasteiger partial charge < -0.3 is 5.32 Å². The third-order valence-electron chi connectivity index (χ3n) is 5.43. The highest BCUT2D eigenvalue weighted by Crippen LogP contribution is 2.40. The first-order valence-corrected chi connectivity index (χ1v) is 9.51. The van der Waals surface area contributed by atoms with Crippen LogP contribution in [0.5, 0.6) is 0 Å². The molecule has 0 spiro atoms. The van der Waals surface area contributed by atoms with Gasteiger partial charge in [-0.15, -0.1) is 11.8 Å². The van der Waals surface area contributed by atoms with E-state index in [2.05, 4.69) is 34.5 Å². The molecule has 3 aliphatic heterocycles. The number of thioether (sulfide) groups is 1. The van der Waals surface area contributed by atoms with Crippen molar-refractivity contribution in [1.29, 1.82) is 0 Å². The Hall–Kier alpha value is -0.510. The predicted molar refractivity (Wildman–Crippen MR) is 89.9 cm³/mol. The molecule has 0 bridgehead atoms. The standard InChI is InChI=1S/C18H26N2S/c1-2-12-20-15(3-1)6-9-18(20)14-4-7-16(8-5-14)21-17-10-11-19-13-17/h4-5,7-8,15,17-19H,1-3,6,9-13H2. The Kier molecular flexibility index (Phi) is 4.24. The van der Waals surface area contributed by atoms with Crippen molar-refractivity contribution in [3.8, 4) is 0 Å². The molecule has 3 heteroatoms. The van der Waals surface area contributed by atoms with Crippen LogP contribution in [0.15, 0.2) is 29.2 Å². The second kappa shape index (κ2) is 6.31. The summed E-state index contributed by atoms with van der Waals surface area (Å²) in [5.41, 5.74) is 1.55. The number of hydrogen-bond acceptors (Lipinski definition) is 3. The van der Waals surface area contributed by atoms with E-state index < -0.39 is 0 Å². The zero-order valence-corrected chi connectivity index (χ0v) is 13.6. The van der Waals surface area contributed by atoms with Crippen molar-refractivity contribution in [3.05, 3.63) is 29.8 Å². The van der Waals surface area contributed by atoms with Crippen LogP contribution in [0.1, 0.15) is 50.1 Å². The fraction of sp³-hybridized carbons (Fsp3) is 0.667. The second-order valence-corrected chi connectivity index (χ2v) is 8.16. The van der Waals surface area contributed by atoms with E-state index in [9.17, 15) is 0 Å². The van der Waals surface area contributed by atoms with Crippen molar-refractivity contribution < 1.29 is 0 Å². The van der Waals surface area contributed by atoms with Gasteiger partial charge in [-0.1, -0.05) is 18.6 Å². The summed E-state index contributed by atoms with van der Waals surface area (Å²) in [7, 11) is 0. The molecule has 0 aromatic heterocycles. The first-order valence-electron chi connectivity index (χ1n) is 8.63. The van der Waals surface area contributed by atoms with Crippen molar-refractivity contribution in [1.82, 2.24) is 10.2 Å². The van der Waals surface area contributed by atoms with Crippen LogP contribution in [0, 0.1) is 0 Å². The van der Waals surface area contributed by atoms with Crippen molar-refractivity contribution in [2.24, 2.45) is 0 Å². The summed E-state index contributed by atoms with van der Waals surface area (Å²) in [6.45, 7) is 3.68. The molecule has 114 valence electrons. The average molecular weight is 302 g/mol. The Bertz CT molecular complexity index is 467. The van der Waals surface area contributed by atoms with Crippen LogP contribution < -0.4 is 5.32 Å². The van der Waals surface area contributed by atoms with E-state index in [-0.39, 0.29) is 0 Å². The van der Waals surface area contributed by atoms with E-state index in [1.54, 1.807) is 5.56 Å². The van der Waals surface area contributed by atoms with Gasteiger partial charge in [0.05, 0.1) is 0 Å². The molecule has 3 unspecified atom stereocenters. The molecule has 21 heavy (non-hydrogen) atoms. The molecule has 3 atom stereocenters.